The number of carbonyl (C=O) groups excluding carboxylic acids is 2. The van der Waals surface area contributed by atoms with E-state index in [0.29, 0.717) is 35.8 Å². The van der Waals surface area contributed by atoms with Crippen molar-refractivity contribution in [2.75, 3.05) is 10.6 Å². The van der Waals surface area contributed by atoms with Crippen molar-refractivity contribution < 1.29 is 24.2 Å². The van der Waals surface area contributed by atoms with Crippen molar-refractivity contribution in [3.63, 3.8) is 0 Å². The number of nitrogens with zero attached hydrogens (tertiary/aromatic N) is 4. The summed E-state index contributed by atoms with van der Waals surface area (Å²) in [6.45, 7) is 4.82. The van der Waals surface area contributed by atoms with Gasteiger partial charge in [-0.15, -0.1) is 0 Å². The largest absolute Gasteiger partial charge is 0.457 e. The van der Waals surface area contributed by atoms with Gasteiger partial charge >= 0.3 is 5.69 Å². The first-order chi connectivity index (χ1) is 17.0. The van der Waals surface area contributed by atoms with Crippen molar-refractivity contribution in [1.29, 1.82) is 0 Å². The number of nitrogens with one attached hydrogen (secondary N) is 2. The topological polar surface area (TPSA) is 172 Å². The maximum atomic E-state index is 12.5. The molecule has 0 unspecified atom stereocenters. The minimum Gasteiger partial charge on any atom is -0.457 e. The summed E-state index contributed by atoms with van der Waals surface area (Å²) in [6.07, 6.45) is 0.416. The van der Waals surface area contributed by atoms with E-state index in [1.54, 1.807) is 38.1 Å². The molecule has 1 heterocycles. The summed E-state index contributed by atoms with van der Waals surface area (Å²) in [7, 11) is 0. The lowest BCUT2D eigenvalue weighted by molar-refractivity contribution is -0.386. The number of carbonyl (C=O) groups is 2. The van der Waals surface area contributed by atoms with Gasteiger partial charge in [-0.1, -0.05) is 0 Å². The number of nitro groups is 2. The molecule has 2 aromatic carbocycles. The van der Waals surface area contributed by atoms with Crippen molar-refractivity contribution in [2.45, 2.75) is 40.2 Å². The highest BCUT2D eigenvalue weighted by atomic mass is 16.6. The smallest absolute Gasteiger partial charge is 0.312 e. The van der Waals surface area contributed by atoms with E-state index in [0.717, 1.165) is 0 Å². The first-order valence-corrected chi connectivity index (χ1v) is 10.9. The van der Waals surface area contributed by atoms with E-state index in [1.807, 2.05) is 0 Å². The zero-order chi connectivity index (χ0) is 26.4. The van der Waals surface area contributed by atoms with Crippen LogP contribution in [0.1, 0.15) is 31.2 Å². The maximum Gasteiger partial charge on any atom is 0.312 e. The molecule has 0 spiro atoms. The zero-order valence-electron chi connectivity index (χ0n) is 19.8. The summed E-state index contributed by atoms with van der Waals surface area (Å²) in [5.41, 5.74) is 1.14. The number of rotatable bonds is 10. The van der Waals surface area contributed by atoms with E-state index in [9.17, 15) is 29.8 Å². The first-order valence-electron chi connectivity index (χ1n) is 10.9. The molecule has 0 aliphatic rings. The molecule has 0 bridgehead atoms. The Labute approximate surface area is 205 Å². The second-order valence-electron chi connectivity index (χ2n) is 7.93. The van der Waals surface area contributed by atoms with Crippen LogP contribution in [0.2, 0.25) is 0 Å². The van der Waals surface area contributed by atoms with Crippen LogP contribution in [0.4, 0.5) is 22.7 Å². The third-order valence-corrected chi connectivity index (χ3v) is 5.10. The van der Waals surface area contributed by atoms with E-state index in [-0.39, 0.29) is 35.1 Å². The van der Waals surface area contributed by atoms with Gasteiger partial charge in [0.2, 0.25) is 11.8 Å². The van der Waals surface area contributed by atoms with Crippen LogP contribution in [-0.2, 0) is 16.1 Å². The van der Waals surface area contributed by atoms with E-state index >= 15 is 0 Å². The molecule has 0 saturated heterocycles. The lowest BCUT2D eigenvalue weighted by atomic mass is 10.2. The second-order valence-corrected chi connectivity index (χ2v) is 7.93. The molecule has 0 saturated carbocycles. The van der Waals surface area contributed by atoms with Crippen LogP contribution < -0.4 is 15.4 Å². The number of aromatic nitrogens is 2. The van der Waals surface area contributed by atoms with Crippen LogP contribution in [0.5, 0.6) is 11.5 Å². The molecule has 3 aromatic rings. The van der Waals surface area contributed by atoms with Gasteiger partial charge in [0, 0.05) is 37.7 Å². The minimum atomic E-state index is -0.599. The third kappa shape index (κ3) is 6.62. The summed E-state index contributed by atoms with van der Waals surface area (Å²) >= 11 is 0. The molecule has 188 valence electrons. The standard InChI is InChI=1S/C23H24N6O7/c1-14-23(29(34)35)15(2)27(26-14)10-4-5-22(31)25-18-11-19(28(32)33)13-21(12-18)36-20-8-6-17(7-9-20)24-16(3)30/h6-9,11-13H,4-5,10H2,1-3H3,(H,24,30)(H,25,31). The predicted molar refractivity (Wildman–Crippen MR) is 130 cm³/mol. The fraction of sp³-hybridized carbons (Fsp3) is 0.261. The van der Waals surface area contributed by atoms with Crippen molar-refractivity contribution in [3.05, 3.63) is 74.1 Å². The fourth-order valence-corrected chi connectivity index (χ4v) is 3.55. The number of benzene rings is 2. The van der Waals surface area contributed by atoms with Gasteiger partial charge in [0.15, 0.2) is 0 Å². The predicted octanol–water partition coefficient (Wildman–Crippen LogP) is 4.49. The maximum absolute atomic E-state index is 12.5. The normalized spacial score (nSPS) is 10.5. The lowest BCUT2D eigenvalue weighted by Gasteiger charge is -2.10. The molecule has 0 radical (unpaired) electrons. The van der Waals surface area contributed by atoms with E-state index in [2.05, 4.69) is 15.7 Å². The van der Waals surface area contributed by atoms with Gasteiger partial charge in [-0.05, 0) is 44.5 Å². The van der Waals surface area contributed by atoms with Gasteiger partial charge < -0.3 is 15.4 Å². The number of ether oxygens (including phenoxy) is 1. The molecule has 0 aliphatic carbocycles. The number of nitro benzene ring substituents is 1. The van der Waals surface area contributed by atoms with Crippen LogP contribution in [0, 0.1) is 34.1 Å². The number of amides is 2. The lowest BCUT2D eigenvalue weighted by Crippen LogP contribution is -2.13. The monoisotopic (exact) mass is 496 g/mol. The molecule has 1 aromatic heterocycles. The van der Waals surface area contributed by atoms with Crippen LogP contribution in [0.3, 0.4) is 0 Å². The first kappa shape index (κ1) is 25.8. The summed E-state index contributed by atoms with van der Waals surface area (Å²) < 4.78 is 7.18. The Bertz CT molecular complexity index is 1320. The molecule has 13 heteroatoms. The Morgan fingerprint density at radius 2 is 1.67 bits per heavy atom. The molecule has 0 fully saturated rings. The molecule has 2 amide bonds. The van der Waals surface area contributed by atoms with E-state index in [4.69, 9.17) is 4.74 Å². The van der Waals surface area contributed by atoms with Gasteiger partial charge in [0.25, 0.3) is 5.69 Å². The molecule has 2 N–H and O–H groups in total. The van der Waals surface area contributed by atoms with E-state index < -0.39 is 15.8 Å². The van der Waals surface area contributed by atoms with Gasteiger partial charge in [0.1, 0.15) is 22.9 Å². The van der Waals surface area contributed by atoms with Crippen LogP contribution in [-0.4, -0.2) is 31.4 Å². The number of aryl methyl sites for hydroxylation is 2. The number of anilines is 2. The number of non-ortho nitro benzene ring substituents is 1. The molecular formula is C23H24N6O7. The molecule has 3 rings (SSSR count). The van der Waals surface area contributed by atoms with Crippen LogP contribution >= 0.6 is 0 Å². The number of hydrogen-bond acceptors (Lipinski definition) is 8. The van der Waals surface area contributed by atoms with E-state index in [1.165, 1.54) is 29.8 Å². The molecule has 0 atom stereocenters. The van der Waals surface area contributed by atoms with Gasteiger partial charge in [-0.2, -0.15) is 5.10 Å². The second kappa shape index (κ2) is 11.1. The number of hydrogen-bond donors (Lipinski definition) is 2. The van der Waals surface area contributed by atoms with Gasteiger partial charge in [-0.3, -0.25) is 34.5 Å². The highest BCUT2D eigenvalue weighted by Crippen LogP contribution is 2.30. The zero-order valence-corrected chi connectivity index (χ0v) is 19.8. The minimum absolute atomic E-state index is 0.0478. The third-order valence-electron chi connectivity index (χ3n) is 5.10. The Kier molecular flexibility index (Phi) is 7.94. The molecule has 13 nitrogen and oxygen atoms in total. The highest BCUT2D eigenvalue weighted by Gasteiger charge is 2.21. The Balaban J connectivity index is 1.65. The van der Waals surface area contributed by atoms with Crippen LogP contribution in [0.15, 0.2) is 42.5 Å². The Hall–Kier alpha value is -4.81. The van der Waals surface area contributed by atoms with Crippen LogP contribution in [0.25, 0.3) is 0 Å². The fourth-order valence-electron chi connectivity index (χ4n) is 3.55. The van der Waals surface area contributed by atoms with Crippen molar-refractivity contribution >= 4 is 34.6 Å². The van der Waals surface area contributed by atoms with Gasteiger partial charge in [0.05, 0.1) is 21.6 Å². The van der Waals surface area contributed by atoms with Crippen molar-refractivity contribution in [1.82, 2.24) is 9.78 Å². The summed E-state index contributed by atoms with van der Waals surface area (Å²) in [4.78, 5) is 45.0. The molecule has 36 heavy (non-hydrogen) atoms. The molecular weight excluding hydrogens is 472 g/mol. The summed E-state index contributed by atoms with van der Waals surface area (Å²) in [6, 6.07) is 10.3. The average molecular weight is 496 g/mol. The molecule has 0 aliphatic heterocycles. The Morgan fingerprint density at radius 3 is 2.25 bits per heavy atom. The summed E-state index contributed by atoms with van der Waals surface area (Å²) in [5.74, 6) is -0.0985. The van der Waals surface area contributed by atoms with Gasteiger partial charge in [-0.25, -0.2) is 0 Å². The summed E-state index contributed by atoms with van der Waals surface area (Å²) in [5, 5.41) is 31.9. The Morgan fingerprint density at radius 1 is 0.972 bits per heavy atom. The van der Waals surface area contributed by atoms with Crippen molar-refractivity contribution in [2.24, 2.45) is 0 Å². The van der Waals surface area contributed by atoms with Crippen molar-refractivity contribution in [3.8, 4) is 11.5 Å². The SMILES string of the molecule is CC(=O)Nc1ccc(Oc2cc(NC(=O)CCCn3nc(C)c([N+](=O)[O-])c3C)cc([N+](=O)[O-])c2)cc1. The average Bonchev–Trinajstić information content (AvgIpc) is 3.07. The quantitative estimate of drug-likeness (QED) is 0.305. The highest BCUT2D eigenvalue weighted by molar-refractivity contribution is 5.91.